The summed E-state index contributed by atoms with van der Waals surface area (Å²) in [6.07, 6.45) is 5.77. The largest absolute Gasteiger partial charge is 0.362 e. The number of amides is 1. The van der Waals surface area contributed by atoms with Crippen LogP contribution in [0.5, 0.6) is 0 Å². The molecule has 78 valence electrons. The van der Waals surface area contributed by atoms with Gasteiger partial charge in [0.2, 0.25) is 6.41 Å². The van der Waals surface area contributed by atoms with Crippen LogP contribution in [0.1, 0.15) is 39.5 Å². The highest BCUT2D eigenvalue weighted by Crippen LogP contribution is 2.29. The van der Waals surface area contributed by atoms with Gasteiger partial charge in [0, 0.05) is 12.6 Å². The lowest BCUT2D eigenvalue weighted by molar-refractivity contribution is -0.109. The average molecular weight is 186 g/mol. The minimum Gasteiger partial charge on any atom is -0.362 e. The molecule has 1 aliphatic carbocycles. The standard InChI is InChI=1S/C8H17N.C2H5NO/c1-7-4-3-5-8(2,9)6-7;1-3-2-4/h7H,3-6,9H2,1-2H3;2H,1H3,(H,3,4). The third-order valence-electron chi connectivity index (χ3n) is 2.38. The number of rotatable bonds is 1. The summed E-state index contributed by atoms with van der Waals surface area (Å²) >= 11 is 0. The van der Waals surface area contributed by atoms with Crippen molar-refractivity contribution in [3.8, 4) is 0 Å². The van der Waals surface area contributed by atoms with Crippen LogP contribution in [0.4, 0.5) is 0 Å². The number of carbonyl (C=O) groups excluding carboxylic acids is 1. The molecule has 1 fully saturated rings. The zero-order valence-corrected chi connectivity index (χ0v) is 8.97. The zero-order chi connectivity index (χ0) is 10.3. The predicted octanol–water partition coefficient (Wildman–Crippen LogP) is 1.28. The van der Waals surface area contributed by atoms with Crippen molar-refractivity contribution in [2.24, 2.45) is 11.7 Å². The van der Waals surface area contributed by atoms with Crippen molar-refractivity contribution < 1.29 is 4.79 Å². The first kappa shape index (κ1) is 12.4. The Kier molecular flexibility index (Phi) is 5.71. The van der Waals surface area contributed by atoms with Crippen LogP contribution in [-0.4, -0.2) is 19.0 Å². The molecule has 2 unspecified atom stereocenters. The zero-order valence-electron chi connectivity index (χ0n) is 8.97. The van der Waals surface area contributed by atoms with Gasteiger partial charge in [-0.2, -0.15) is 0 Å². The second-order valence-electron chi connectivity index (χ2n) is 4.26. The maximum absolute atomic E-state index is 9.06. The van der Waals surface area contributed by atoms with E-state index in [9.17, 15) is 0 Å². The van der Waals surface area contributed by atoms with E-state index in [1.807, 2.05) is 0 Å². The van der Waals surface area contributed by atoms with Gasteiger partial charge >= 0.3 is 0 Å². The average Bonchev–Trinajstić information content (AvgIpc) is 2.02. The molecule has 1 amide bonds. The molecule has 0 aromatic carbocycles. The molecule has 0 heterocycles. The Hall–Kier alpha value is -0.570. The smallest absolute Gasteiger partial charge is 0.206 e. The van der Waals surface area contributed by atoms with E-state index in [0.29, 0.717) is 6.41 Å². The fourth-order valence-electron chi connectivity index (χ4n) is 1.85. The minimum absolute atomic E-state index is 0.150. The highest BCUT2D eigenvalue weighted by molar-refractivity contribution is 5.44. The summed E-state index contributed by atoms with van der Waals surface area (Å²) in [6.45, 7) is 4.47. The third-order valence-corrected chi connectivity index (χ3v) is 2.38. The van der Waals surface area contributed by atoms with E-state index in [1.54, 1.807) is 7.05 Å². The van der Waals surface area contributed by atoms with Crippen LogP contribution in [0.15, 0.2) is 0 Å². The van der Waals surface area contributed by atoms with Crippen LogP contribution in [0.3, 0.4) is 0 Å². The number of nitrogens with two attached hydrogens (primary N) is 1. The van der Waals surface area contributed by atoms with Crippen LogP contribution in [0.25, 0.3) is 0 Å². The van der Waals surface area contributed by atoms with E-state index in [2.05, 4.69) is 19.2 Å². The van der Waals surface area contributed by atoms with Crippen molar-refractivity contribution in [1.29, 1.82) is 0 Å². The molecule has 0 radical (unpaired) electrons. The minimum atomic E-state index is 0.150. The van der Waals surface area contributed by atoms with Crippen molar-refractivity contribution >= 4 is 6.41 Å². The number of carbonyl (C=O) groups is 1. The molecule has 0 bridgehead atoms. The Labute approximate surface area is 81.1 Å². The van der Waals surface area contributed by atoms with Crippen molar-refractivity contribution in [2.75, 3.05) is 7.05 Å². The molecular weight excluding hydrogens is 164 g/mol. The summed E-state index contributed by atoms with van der Waals surface area (Å²) in [4.78, 5) is 9.06. The van der Waals surface area contributed by atoms with Crippen LogP contribution in [0, 0.1) is 5.92 Å². The maximum atomic E-state index is 9.06. The first-order valence-electron chi connectivity index (χ1n) is 4.91. The SMILES string of the molecule is CC1CCCC(C)(N)C1.CNC=O. The summed E-state index contributed by atoms with van der Waals surface area (Å²) in [5.41, 5.74) is 6.12. The van der Waals surface area contributed by atoms with E-state index in [-0.39, 0.29) is 5.54 Å². The Bertz CT molecular complexity index is 146. The molecule has 3 N–H and O–H groups in total. The van der Waals surface area contributed by atoms with E-state index < -0.39 is 0 Å². The van der Waals surface area contributed by atoms with Crippen molar-refractivity contribution in [1.82, 2.24) is 5.32 Å². The predicted molar refractivity (Wildman–Crippen MR) is 55.3 cm³/mol. The monoisotopic (exact) mass is 186 g/mol. The molecule has 13 heavy (non-hydrogen) atoms. The van der Waals surface area contributed by atoms with Crippen LogP contribution in [-0.2, 0) is 4.79 Å². The molecule has 0 aromatic heterocycles. The lowest BCUT2D eigenvalue weighted by Gasteiger charge is -2.33. The fraction of sp³-hybridized carbons (Fsp3) is 0.900. The third kappa shape index (κ3) is 6.58. The molecule has 0 spiro atoms. The molecule has 1 saturated carbocycles. The molecule has 0 aromatic rings. The first-order chi connectivity index (χ1) is 6.02. The quantitative estimate of drug-likeness (QED) is 0.606. The molecule has 3 heteroatoms. The summed E-state index contributed by atoms with van der Waals surface area (Å²) in [6, 6.07) is 0. The Morgan fingerprint density at radius 3 is 2.38 bits per heavy atom. The lowest BCUT2D eigenvalue weighted by Crippen LogP contribution is -2.40. The molecule has 3 nitrogen and oxygen atoms in total. The normalized spacial score (nSPS) is 32.8. The summed E-state index contributed by atoms with van der Waals surface area (Å²) in [7, 11) is 1.56. The van der Waals surface area contributed by atoms with E-state index in [0.717, 1.165) is 5.92 Å². The maximum Gasteiger partial charge on any atom is 0.206 e. The first-order valence-corrected chi connectivity index (χ1v) is 4.91. The number of hydrogen-bond acceptors (Lipinski definition) is 2. The van der Waals surface area contributed by atoms with Gasteiger partial charge in [0.25, 0.3) is 0 Å². The van der Waals surface area contributed by atoms with E-state index in [4.69, 9.17) is 10.5 Å². The topological polar surface area (TPSA) is 55.1 Å². The van der Waals surface area contributed by atoms with Gasteiger partial charge in [-0.1, -0.05) is 19.8 Å². The van der Waals surface area contributed by atoms with E-state index >= 15 is 0 Å². The number of hydrogen-bond donors (Lipinski definition) is 2. The van der Waals surface area contributed by atoms with Gasteiger partial charge in [-0.15, -0.1) is 0 Å². The Morgan fingerprint density at radius 1 is 1.62 bits per heavy atom. The molecule has 2 atom stereocenters. The van der Waals surface area contributed by atoms with Gasteiger partial charge in [-0.05, 0) is 25.7 Å². The van der Waals surface area contributed by atoms with Gasteiger partial charge in [0.05, 0.1) is 0 Å². The van der Waals surface area contributed by atoms with Gasteiger partial charge in [0.1, 0.15) is 0 Å². The molecular formula is C10H22N2O. The van der Waals surface area contributed by atoms with Gasteiger partial charge in [-0.25, -0.2) is 0 Å². The molecule has 0 saturated heterocycles. The van der Waals surface area contributed by atoms with Crippen molar-refractivity contribution in [3.63, 3.8) is 0 Å². The summed E-state index contributed by atoms with van der Waals surface area (Å²) in [5.74, 6) is 0.855. The Morgan fingerprint density at radius 2 is 2.15 bits per heavy atom. The molecule has 1 aliphatic rings. The lowest BCUT2D eigenvalue weighted by atomic mass is 9.78. The highest BCUT2D eigenvalue weighted by atomic mass is 16.1. The molecule has 1 rings (SSSR count). The molecule has 0 aliphatic heterocycles. The van der Waals surface area contributed by atoms with Gasteiger partial charge in [-0.3, -0.25) is 4.79 Å². The van der Waals surface area contributed by atoms with Crippen LogP contribution < -0.4 is 11.1 Å². The Balaban J connectivity index is 0.000000310. The van der Waals surface area contributed by atoms with Gasteiger partial charge in [0.15, 0.2) is 0 Å². The summed E-state index contributed by atoms with van der Waals surface area (Å²) < 4.78 is 0. The van der Waals surface area contributed by atoms with Crippen LogP contribution in [0.2, 0.25) is 0 Å². The number of nitrogens with one attached hydrogen (secondary N) is 1. The van der Waals surface area contributed by atoms with Gasteiger partial charge < -0.3 is 11.1 Å². The second-order valence-corrected chi connectivity index (χ2v) is 4.26. The second kappa shape index (κ2) is 5.97. The fourth-order valence-corrected chi connectivity index (χ4v) is 1.85. The summed E-state index contributed by atoms with van der Waals surface area (Å²) in [5, 5.41) is 2.25. The van der Waals surface area contributed by atoms with Crippen molar-refractivity contribution in [2.45, 2.75) is 45.1 Å². The van der Waals surface area contributed by atoms with Crippen molar-refractivity contribution in [3.05, 3.63) is 0 Å². The van der Waals surface area contributed by atoms with E-state index in [1.165, 1.54) is 25.7 Å². The van der Waals surface area contributed by atoms with Crippen LogP contribution >= 0.6 is 0 Å². The highest BCUT2D eigenvalue weighted by Gasteiger charge is 2.25.